The highest BCUT2D eigenvalue weighted by molar-refractivity contribution is 7.13. The summed E-state index contributed by atoms with van der Waals surface area (Å²) in [5.41, 5.74) is 5.61. The number of aliphatic carboxylic acids is 1. The lowest BCUT2D eigenvalue weighted by Gasteiger charge is -2.08. The topological polar surface area (TPSA) is 155 Å². The molecule has 116 valence electrons. The van der Waals surface area contributed by atoms with Crippen molar-refractivity contribution in [2.75, 3.05) is 12.8 Å². The monoisotopic (exact) mass is 325 g/mol. The summed E-state index contributed by atoms with van der Waals surface area (Å²) >= 11 is 1.14. The fourth-order valence-electron chi connectivity index (χ4n) is 1.42. The van der Waals surface area contributed by atoms with Gasteiger partial charge in [-0.25, -0.2) is 9.78 Å². The number of anilines is 1. The molecule has 0 amide bonds. The molecule has 0 aromatic carbocycles. The van der Waals surface area contributed by atoms with Gasteiger partial charge in [0.1, 0.15) is 18.5 Å². The number of carboxylic acid groups (broad SMARTS) is 1. The third kappa shape index (κ3) is 3.76. The lowest BCUT2D eigenvalue weighted by molar-refractivity contribution is -0.682. The van der Waals surface area contributed by atoms with Gasteiger partial charge in [0.25, 0.3) is 6.33 Å². The summed E-state index contributed by atoms with van der Waals surface area (Å²) in [5, 5.41) is 33.6. The fourth-order valence-corrected chi connectivity index (χ4v) is 1.97. The largest absolute Gasteiger partial charge is 0.855 e. The van der Waals surface area contributed by atoms with E-state index in [1.54, 1.807) is 5.38 Å². The normalized spacial score (nSPS) is 12.4. The third-order valence-electron chi connectivity index (χ3n) is 2.22. The summed E-state index contributed by atoms with van der Waals surface area (Å²) in [6.07, 6.45) is 2.42. The van der Waals surface area contributed by atoms with Crippen molar-refractivity contribution in [3.8, 4) is 0 Å². The quantitative estimate of drug-likeness (QED) is 0.266. The third-order valence-corrected chi connectivity index (χ3v) is 2.90. The van der Waals surface area contributed by atoms with E-state index in [4.69, 9.17) is 10.8 Å². The second-order valence-electron chi connectivity index (χ2n) is 3.82. The minimum Gasteiger partial charge on any atom is -0.855 e. The van der Waals surface area contributed by atoms with E-state index >= 15 is 0 Å². The molecule has 0 bridgehead atoms. The van der Waals surface area contributed by atoms with E-state index in [2.05, 4.69) is 25.2 Å². The molecule has 2 aromatic rings. The first-order valence-electron chi connectivity index (χ1n) is 5.74. The fraction of sp³-hybridized carbons (Fsp3) is 0.200. The van der Waals surface area contributed by atoms with Gasteiger partial charge in [-0.3, -0.25) is 0 Å². The number of hydrogen-bond acceptors (Lipinski definition) is 9. The van der Waals surface area contributed by atoms with Crippen LogP contribution in [0.25, 0.3) is 0 Å². The predicted molar refractivity (Wildman–Crippen MR) is 73.0 cm³/mol. The van der Waals surface area contributed by atoms with E-state index in [1.165, 1.54) is 19.8 Å². The standard InChI is InChI=1S/C10H11N7O4S/c1-21-15-8(6-3-22-10(11)13-6)9(20)14-17-4-12-16(5-17)2-7(18)19/h3-5H,2H2,1H3,(H3-,11,13,14,18,19,20)/b15-8-. The molecule has 2 rings (SSSR count). The number of carbonyl (C=O) groups is 1. The Morgan fingerprint density at radius 3 is 3.05 bits per heavy atom. The maximum absolute atomic E-state index is 12.1. The highest BCUT2D eigenvalue weighted by Gasteiger charge is 2.12. The summed E-state index contributed by atoms with van der Waals surface area (Å²) in [6.45, 7) is -0.349. The van der Waals surface area contributed by atoms with Crippen LogP contribution in [0.3, 0.4) is 0 Å². The van der Waals surface area contributed by atoms with Crippen LogP contribution in [0.5, 0.6) is 0 Å². The van der Waals surface area contributed by atoms with Crippen molar-refractivity contribution in [3.63, 3.8) is 0 Å². The molecule has 0 atom stereocenters. The number of oxime groups is 1. The number of carboxylic acids is 1. The predicted octanol–water partition coefficient (Wildman–Crippen LogP) is -2.13. The maximum Gasteiger partial charge on any atom is 0.341 e. The molecule has 12 heteroatoms. The first-order valence-corrected chi connectivity index (χ1v) is 6.62. The van der Waals surface area contributed by atoms with Crippen LogP contribution in [0.4, 0.5) is 5.13 Å². The Labute approximate surface area is 127 Å². The molecule has 0 spiro atoms. The van der Waals surface area contributed by atoms with Crippen LogP contribution in [-0.4, -0.2) is 44.6 Å². The maximum atomic E-state index is 12.1. The number of nitrogens with two attached hydrogens (primary N) is 1. The number of nitrogen functional groups attached to an aromatic ring is 1. The van der Waals surface area contributed by atoms with Crippen LogP contribution in [0.15, 0.2) is 28.3 Å². The summed E-state index contributed by atoms with van der Waals surface area (Å²) in [5.74, 6) is -1.81. The Balaban J connectivity index is 2.26. The molecule has 22 heavy (non-hydrogen) atoms. The highest BCUT2D eigenvalue weighted by Crippen LogP contribution is 2.12. The second-order valence-corrected chi connectivity index (χ2v) is 4.71. The van der Waals surface area contributed by atoms with Crippen molar-refractivity contribution in [1.29, 1.82) is 0 Å². The lowest BCUT2D eigenvalue weighted by Crippen LogP contribution is -2.37. The molecule has 0 aliphatic carbocycles. The van der Waals surface area contributed by atoms with Crippen LogP contribution in [0.2, 0.25) is 0 Å². The zero-order valence-corrected chi connectivity index (χ0v) is 12.1. The molecule has 2 aromatic heterocycles. The van der Waals surface area contributed by atoms with E-state index < -0.39 is 11.9 Å². The van der Waals surface area contributed by atoms with Crippen molar-refractivity contribution in [2.24, 2.45) is 10.3 Å². The first-order chi connectivity index (χ1) is 10.5. The van der Waals surface area contributed by atoms with Gasteiger partial charge < -0.3 is 20.8 Å². The number of nitrogens with zero attached hydrogens (tertiary/aromatic N) is 6. The summed E-state index contributed by atoms with van der Waals surface area (Å²) < 4.78 is 2.17. The summed E-state index contributed by atoms with van der Waals surface area (Å²) in [7, 11) is 1.28. The van der Waals surface area contributed by atoms with Gasteiger partial charge in [0.05, 0.1) is 5.90 Å². The Morgan fingerprint density at radius 2 is 2.45 bits per heavy atom. The van der Waals surface area contributed by atoms with Gasteiger partial charge in [-0.15, -0.1) is 25.8 Å². The molecule has 11 nitrogen and oxygen atoms in total. The molecule has 3 N–H and O–H groups in total. The van der Waals surface area contributed by atoms with Crippen LogP contribution in [0.1, 0.15) is 5.69 Å². The Kier molecular flexibility index (Phi) is 4.63. The molecule has 0 saturated heterocycles. The van der Waals surface area contributed by atoms with Gasteiger partial charge in [0, 0.05) is 10.5 Å². The van der Waals surface area contributed by atoms with E-state index in [-0.39, 0.29) is 23.1 Å². The van der Waals surface area contributed by atoms with E-state index in [1.807, 2.05) is 0 Å². The molecule has 2 heterocycles. The van der Waals surface area contributed by atoms with E-state index in [9.17, 15) is 9.90 Å². The van der Waals surface area contributed by atoms with Gasteiger partial charge in [0.2, 0.25) is 12.9 Å². The first kappa shape index (κ1) is 15.4. The second kappa shape index (κ2) is 6.62. The zero-order chi connectivity index (χ0) is 16.1. The number of aromatic nitrogens is 4. The minimum absolute atomic E-state index is 0.131. The molecule has 0 fully saturated rings. The van der Waals surface area contributed by atoms with E-state index in [0.29, 0.717) is 0 Å². The highest BCUT2D eigenvalue weighted by atomic mass is 32.1. The number of hydrogen-bond donors (Lipinski definition) is 2. The summed E-state index contributed by atoms with van der Waals surface area (Å²) in [4.78, 5) is 19.1. The van der Waals surface area contributed by atoms with Crippen LogP contribution in [0, 0.1) is 0 Å². The Hall–Kier alpha value is -3.02. The molecular weight excluding hydrogens is 314 g/mol. The minimum atomic E-state index is -1.07. The van der Waals surface area contributed by atoms with Gasteiger partial charge in [-0.05, 0) is 0 Å². The molecule has 0 unspecified atom stereocenters. The van der Waals surface area contributed by atoms with Crippen LogP contribution < -0.4 is 15.5 Å². The molecule has 0 saturated carbocycles. The van der Waals surface area contributed by atoms with Crippen molar-refractivity contribution in [3.05, 3.63) is 23.7 Å². The molecule has 0 aliphatic rings. The molecule has 0 aliphatic heterocycles. The lowest BCUT2D eigenvalue weighted by atomic mass is 10.3. The average molecular weight is 325 g/mol. The van der Waals surface area contributed by atoms with Crippen molar-refractivity contribution in [1.82, 2.24) is 14.8 Å². The molecular formula is C10H11N7O4S. The van der Waals surface area contributed by atoms with Crippen molar-refractivity contribution >= 4 is 34.0 Å². The summed E-state index contributed by atoms with van der Waals surface area (Å²) in [6, 6.07) is 0. The average Bonchev–Trinajstić information content (AvgIpc) is 3.04. The number of rotatable bonds is 6. The SMILES string of the molecule is CO/N=C(\C([O-])=N[n+]1cnn(CC(=O)O)c1)c1csc(N)n1. The smallest absolute Gasteiger partial charge is 0.341 e. The Bertz CT molecular complexity index is 735. The van der Waals surface area contributed by atoms with Crippen LogP contribution in [-0.2, 0) is 16.2 Å². The van der Waals surface area contributed by atoms with Gasteiger partial charge in [-0.1, -0.05) is 5.16 Å². The van der Waals surface area contributed by atoms with E-state index in [0.717, 1.165) is 20.7 Å². The molecule has 0 radical (unpaired) electrons. The Morgan fingerprint density at radius 1 is 1.68 bits per heavy atom. The number of thiazole rings is 1. The zero-order valence-electron chi connectivity index (χ0n) is 11.3. The van der Waals surface area contributed by atoms with Gasteiger partial charge in [0.15, 0.2) is 5.13 Å². The van der Waals surface area contributed by atoms with Crippen molar-refractivity contribution in [2.45, 2.75) is 6.54 Å². The van der Waals surface area contributed by atoms with Crippen LogP contribution >= 0.6 is 11.3 Å². The van der Waals surface area contributed by atoms with Gasteiger partial charge >= 0.3 is 5.97 Å². The van der Waals surface area contributed by atoms with Gasteiger partial charge in [-0.2, -0.15) is 0 Å². The van der Waals surface area contributed by atoms with Crippen molar-refractivity contribution < 1.29 is 24.5 Å².